The van der Waals surface area contributed by atoms with Gasteiger partial charge in [-0.15, -0.1) is 0 Å². The summed E-state index contributed by atoms with van der Waals surface area (Å²) in [6.07, 6.45) is 2.37. The first-order valence-corrected chi connectivity index (χ1v) is 14.7. The van der Waals surface area contributed by atoms with Gasteiger partial charge in [0.2, 0.25) is 17.6 Å². The van der Waals surface area contributed by atoms with Gasteiger partial charge in [-0.05, 0) is 55.5 Å². The molecule has 1 fully saturated rings. The van der Waals surface area contributed by atoms with Crippen LogP contribution in [0.15, 0.2) is 57.9 Å². The molecule has 0 atom stereocenters. The molecule has 1 aliphatic heterocycles. The Morgan fingerprint density at radius 1 is 1.10 bits per heavy atom. The number of nitrogens with two attached hydrogens (primary N) is 1. The van der Waals surface area contributed by atoms with Crippen LogP contribution in [0.4, 0.5) is 0 Å². The first-order chi connectivity index (χ1) is 18.8. The summed E-state index contributed by atoms with van der Waals surface area (Å²) >= 11 is 0. The van der Waals surface area contributed by atoms with E-state index >= 15 is 0 Å². The molecule has 1 aromatic heterocycles. The van der Waals surface area contributed by atoms with E-state index in [2.05, 4.69) is 28.0 Å². The average molecular weight is 557 g/mol. The van der Waals surface area contributed by atoms with Crippen LogP contribution in [0.1, 0.15) is 37.6 Å². The van der Waals surface area contributed by atoms with E-state index < -0.39 is 20.5 Å². The molecule has 0 spiro atoms. The Morgan fingerprint density at radius 3 is 2.49 bits per heavy atom. The third-order valence-electron chi connectivity index (χ3n) is 7.28. The van der Waals surface area contributed by atoms with Gasteiger partial charge < -0.3 is 24.6 Å². The van der Waals surface area contributed by atoms with E-state index in [0.717, 1.165) is 17.5 Å². The van der Waals surface area contributed by atoms with Crippen molar-refractivity contribution in [3.63, 3.8) is 0 Å². The molecule has 2 aromatic carbocycles. The van der Waals surface area contributed by atoms with Gasteiger partial charge in [0.25, 0.3) is 0 Å². The average Bonchev–Trinajstić information content (AvgIpc) is 3.43. The predicted molar refractivity (Wildman–Crippen MR) is 146 cm³/mol. The molecule has 0 aliphatic carbocycles. The van der Waals surface area contributed by atoms with Crippen LogP contribution in [0.5, 0.6) is 5.75 Å². The molecular formula is C28H36N4O6S. The van der Waals surface area contributed by atoms with E-state index in [9.17, 15) is 13.2 Å². The summed E-state index contributed by atoms with van der Waals surface area (Å²) < 4.78 is 41.8. The maximum atomic E-state index is 13.5. The lowest BCUT2D eigenvalue weighted by molar-refractivity contribution is -0.121. The maximum Gasteiger partial charge on any atom is 0.239 e. The smallest absolute Gasteiger partial charge is 0.239 e. The lowest BCUT2D eigenvalue weighted by atomic mass is 9.95. The molecule has 0 bridgehead atoms. The van der Waals surface area contributed by atoms with Crippen LogP contribution in [0, 0.1) is 0 Å². The predicted octanol–water partition coefficient (Wildman–Crippen LogP) is 3.05. The number of ether oxygens (including phenoxy) is 2. The van der Waals surface area contributed by atoms with Crippen molar-refractivity contribution in [1.82, 2.24) is 15.0 Å². The van der Waals surface area contributed by atoms with Crippen molar-refractivity contribution >= 4 is 15.7 Å². The van der Waals surface area contributed by atoms with E-state index in [0.29, 0.717) is 63.2 Å². The molecule has 1 amide bonds. The summed E-state index contributed by atoms with van der Waals surface area (Å²) in [6.45, 7) is 4.61. The van der Waals surface area contributed by atoms with Gasteiger partial charge in [-0.1, -0.05) is 36.3 Å². The molecule has 2 heterocycles. The number of carbonyl (C=O) groups excluding carboxylic acids is 1. The number of likely N-dealkylation sites (tertiary alicyclic amines) is 1. The number of aryl methyl sites for hydroxylation is 2. The van der Waals surface area contributed by atoms with E-state index in [1.54, 1.807) is 19.2 Å². The van der Waals surface area contributed by atoms with Crippen molar-refractivity contribution in [2.75, 3.05) is 40.0 Å². The van der Waals surface area contributed by atoms with Crippen LogP contribution >= 0.6 is 0 Å². The lowest BCUT2D eigenvalue weighted by Gasteiger charge is -2.38. The fourth-order valence-corrected chi connectivity index (χ4v) is 6.80. The summed E-state index contributed by atoms with van der Waals surface area (Å²) in [6, 6.07) is 14.1. The summed E-state index contributed by atoms with van der Waals surface area (Å²) in [4.78, 5) is 19.1. The zero-order valence-electron chi connectivity index (χ0n) is 22.5. The van der Waals surface area contributed by atoms with E-state index in [1.807, 2.05) is 18.2 Å². The normalized spacial score (nSPS) is 15.7. The van der Waals surface area contributed by atoms with Crippen LogP contribution in [0.3, 0.4) is 0 Å². The summed E-state index contributed by atoms with van der Waals surface area (Å²) in [5.41, 5.74) is 7.80. The van der Waals surface area contributed by atoms with Gasteiger partial charge in [0.05, 0.1) is 18.1 Å². The second kappa shape index (κ2) is 12.7. The van der Waals surface area contributed by atoms with Crippen LogP contribution in [-0.4, -0.2) is 74.1 Å². The number of aromatic nitrogens is 2. The number of rotatable bonds is 13. The number of sulfone groups is 1. The summed E-state index contributed by atoms with van der Waals surface area (Å²) in [5.74, 6) is 0.830. The third-order valence-corrected chi connectivity index (χ3v) is 9.81. The van der Waals surface area contributed by atoms with Gasteiger partial charge in [-0.2, -0.15) is 4.98 Å². The maximum absolute atomic E-state index is 13.5. The molecule has 4 rings (SSSR count). The molecule has 3 aromatic rings. The highest BCUT2D eigenvalue weighted by Gasteiger charge is 2.51. The Labute approximate surface area is 229 Å². The molecule has 210 valence electrons. The van der Waals surface area contributed by atoms with E-state index in [-0.39, 0.29) is 17.7 Å². The number of amides is 1. The number of nitrogens with zero attached hydrogens (tertiary/aromatic N) is 3. The molecule has 1 saturated heterocycles. The van der Waals surface area contributed by atoms with Gasteiger partial charge in [0, 0.05) is 38.7 Å². The minimum Gasteiger partial charge on any atom is -0.494 e. The van der Waals surface area contributed by atoms with E-state index in [4.69, 9.17) is 19.7 Å². The number of methoxy groups -OCH3 is 1. The lowest BCUT2D eigenvalue weighted by Crippen LogP contribution is -2.57. The standard InChI is InChI=1S/C28H36N4O6S/c1-3-21-7-4-5-8-24(21)26-30-25(38-31-26)9-6-19-37-22-10-12-23(13-11-22)39(34,35)28(27(29)33)14-16-32(17-15-28)18-20-36-2/h4-5,7-8,10-13H,3,6,9,14-20H2,1-2H3,(H2,29,33). The molecule has 11 heteroatoms. The Hall–Kier alpha value is -3.28. The number of hydrogen-bond acceptors (Lipinski definition) is 9. The van der Waals surface area contributed by atoms with Gasteiger partial charge in [0.1, 0.15) is 5.75 Å². The number of carbonyl (C=O) groups is 1. The molecule has 0 unspecified atom stereocenters. The number of hydrogen-bond donors (Lipinski definition) is 1. The Kier molecular flexibility index (Phi) is 9.36. The largest absolute Gasteiger partial charge is 0.494 e. The van der Waals surface area contributed by atoms with E-state index in [1.165, 1.54) is 12.1 Å². The summed E-state index contributed by atoms with van der Waals surface area (Å²) in [7, 11) is -2.37. The molecule has 0 radical (unpaired) electrons. The molecular weight excluding hydrogens is 520 g/mol. The first-order valence-electron chi connectivity index (χ1n) is 13.2. The zero-order chi connectivity index (χ0) is 27.9. The highest BCUT2D eigenvalue weighted by atomic mass is 32.2. The van der Waals surface area contributed by atoms with Crippen LogP contribution in [-0.2, 0) is 32.2 Å². The first kappa shape index (κ1) is 28.7. The molecule has 0 saturated carbocycles. The Morgan fingerprint density at radius 2 is 1.82 bits per heavy atom. The number of piperidine rings is 1. The fraction of sp³-hybridized carbons (Fsp3) is 0.464. The van der Waals surface area contributed by atoms with Gasteiger partial charge >= 0.3 is 0 Å². The van der Waals surface area contributed by atoms with Crippen molar-refractivity contribution in [1.29, 1.82) is 0 Å². The highest BCUT2D eigenvalue weighted by molar-refractivity contribution is 7.93. The van der Waals surface area contributed by atoms with Gasteiger partial charge in [0.15, 0.2) is 14.6 Å². The Bertz CT molecular complexity index is 1350. The van der Waals surface area contributed by atoms with Crippen LogP contribution in [0.25, 0.3) is 11.4 Å². The summed E-state index contributed by atoms with van der Waals surface area (Å²) in [5, 5.41) is 4.11. The van der Waals surface area contributed by atoms with Crippen molar-refractivity contribution in [2.45, 2.75) is 48.7 Å². The third kappa shape index (κ3) is 6.32. The van der Waals surface area contributed by atoms with Crippen molar-refractivity contribution in [3.05, 3.63) is 60.0 Å². The van der Waals surface area contributed by atoms with Crippen LogP contribution in [0.2, 0.25) is 0 Å². The SMILES string of the molecule is CCc1ccccc1-c1noc(CCCOc2ccc(S(=O)(=O)C3(C(N)=O)CCN(CCOC)CC3)cc2)n1. The van der Waals surface area contributed by atoms with Crippen LogP contribution < -0.4 is 10.5 Å². The van der Waals surface area contributed by atoms with Crippen molar-refractivity contribution in [2.24, 2.45) is 5.73 Å². The second-order valence-corrected chi connectivity index (χ2v) is 11.9. The minimum absolute atomic E-state index is 0.0599. The Balaban J connectivity index is 1.32. The molecule has 39 heavy (non-hydrogen) atoms. The van der Waals surface area contributed by atoms with Crippen molar-refractivity contribution in [3.8, 4) is 17.1 Å². The topological polar surface area (TPSA) is 138 Å². The second-order valence-electron chi connectivity index (χ2n) is 9.64. The zero-order valence-corrected chi connectivity index (χ0v) is 23.3. The molecule has 10 nitrogen and oxygen atoms in total. The molecule has 1 aliphatic rings. The highest BCUT2D eigenvalue weighted by Crippen LogP contribution is 2.36. The van der Waals surface area contributed by atoms with Gasteiger partial charge in [-0.3, -0.25) is 4.79 Å². The number of benzene rings is 2. The quantitative estimate of drug-likeness (QED) is 0.315. The molecule has 2 N–H and O–H groups in total. The monoisotopic (exact) mass is 556 g/mol. The van der Waals surface area contributed by atoms with Gasteiger partial charge in [-0.25, -0.2) is 8.42 Å². The fourth-order valence-electron chi connectivity index (χ4n) is 4.87. The number of primary amides is 1. The van der Waals surface area contributed by atoms with Crippen molar-refractivity contribution < 1.29 is 27.2 Å². The minimum atomic E-state index is -3.99.